The normalized spacial score (nSPS) is 11.2. The SMILES string of the molecule is COC(=O)/C=C(\C)CCc1ccc(-c2ccccn2)cc1. The molecule has 21 heavy (non-hydrogen) atoms. The van der Waals surface area contributed by atoms with Gasteiger partial charge >= 0.3 is 5.97 Å². The van der Waals surface area contributed by atoms with Crippen molar-refractivity contribution in [1.82, 2.24) is 4.98 Å². The Morgan fingerprint density at radius 1 is 1.19 bits per heavy atom. The molecule has 0 aliphatic heterocycles. The van der Waals surface area contributed by atoms with Crippen molar-refractivity contribution >= 4 is 5.97 Å². The van der Waals surface area contributed by atoms with Gasteiger partial charge in [0.15, 0.2) is 0 Å². The van der Waals surface area contributed by atoms with Gasteiger partial charge in [0, 0.05) is 17.8 Å². The predicted octanol–water partition coefficient (Wildman–Crippen LogP) is 3.80. The molecule has 1 aromatic carbocycles. The first kappa shape index (κ1) is 15.0. The first-order chi connectivity index (χ1) is 10.2. The summed E-state index contributed by atoms with van der Waals surface area (Å²) in [5.74, 6) is -0.294. The van der Waals surface area contributed by atoms with Crippen LogP contribution in [0.4, 0.5) is 0 Å². The molecule has 0 aliphatic carbocycles. The second kappa shape index (κ2) is 7.39. The van der Waals surface area contributed by atoms with E-state index in [1.807, 2.05) is 25.1 Å². The molecule has 0 N–H and O–H groups in total. The van der Waals surface area contributed by atoms with E-state index in [2.05, 4.69) is 34.0 Å². The Morgan fingerprint density at radius 2 is 1.95 bits per heavy atom. The maximum atomic E-state index is 11.1. The number of ether oxygens (including phenoxy) is 1. The van der Waals surface area contributed by atoms with Crippen molar-refractivity contribution in [3.05, 3.63) is 65.9 Å². The van der Waals surface area contributed by atoms with Crippen molar-refractivity contribution < 1.29 is 9.53 Å². The van der Waals surface area contributed by atoms with E-state index in [4.69, 9.17) is 0 Å². The maximum absolute atomic E-state index is 11.1. The molecule has 0 spiro atoms. The highest BCUT2D eigenvalue weighted by atomic mass is 16.5. The van der Waals surface area contributed by atoms with Crippen molar-refractivity contribution in [3.63, 3.8) is 0 Å². The summed E-state index contributed by atoms with van der Waals surface area (Å²) in [5.41, 5.74) is 4.36. The monoisotopic (exact) mass is 281 g/mol. The third-order valence-corrected chi connectivity index (χ3v) is 3.29. The number of esters is 1. The van der Waals surface area contributed by atoms with Crippen LogP contribution >= 0.6 is 0 Å². The summed E-state index contributed by atoms with van der Waals surface area (Å²) in [6, 6.07) is 14.3. The van der Waals surface area contributed by atoms with Gasteiger partial charge in [-0.05, 0) is 37.5 Å². The van der Waals surface area contributed by atoms with Crippen LogP contribution in [0.2, 0.25) is 0 Å². The lowest BCUT2D eigenvalue weighted by atomic mass is 10.0. The van der Waals surface area contributed by atoms with Crippen LogP contribution in [-0.4, -0.2) is 18.1 Å². The number of methoxy groups -OCH3 is 1. The summed E-state index contributed by atoms with van der Waals surface area (Å²) in [7, 11) is 1.39. The molecular weight excluding hydrogens is 262 g/mol. The van der Waals surface area contributed by atoms with Gasteiger partial charge in [-0.2, -0.15) is 0 Å². The van der Waals surface area contributed by atoms with Crippen molar-refractivity contribution in [2.24, 2.45) is 0 Å². The van der Waals surface area contributed by atoms with Gasteiger partial charge in [-0.25, -0.2) is 4.79 Å². The van der Waals surface area contributed by atoms with Crippen molar-refractivity contribution in [3.8, 4) is 11.3 Å². The van der Waals surface area contributed by atoms with Crippen LogP contribution in [0.3, 0.4) is 0 Å². The molecule has 0 saturated carbocycles. The lowest BCUT2D eigenvalue weighted by Crippen LogP contribution is -1.96. The minimum absolute atomic E-state index is 0.294. The highest BCUT2D eigenvalue weighted by molar-refractivity contribution is 5.82. The quantitative estimate of drug-likeness (QED) is 0.618. The van der Waals surface area contributed by atoms with Crippen molar-refractivity contribution in [1.29, 1.82) is 0 Å². The molecule has 3 heteroatoms. The van der Waals surface area contributed by atoms with Crippen LogP contribution in [0.1, 0.15) is 18.9 Å². The number of aryl methyl sites for hydroxylation is 1. The zero-order valence-corrected chi connectivity index (χ0v) is 12.4. The van der Waals surface area contributed by atoms with Crippen LogP contribution in [0, 0.1) is 0 Å². The van der Waals surface area contributed by atoms with E-state index < -0.39 is 0 Å². The molecule has 0 unspecified atom stereocenters. The van der Waals surface area contributed by atoms with E-state index in [0.717, 1.165) is 29.7 Å². The number of nitrogens with zero attached hydrogens (tertiary/aromatic N) is 1. The summed E-state index contributed by atoms with van der Waals surface area (Å²) in [5, 5.41) is 0. The van der Waals surface area contributed by atoms with Gasteiger partial charge < -0.3 is 4.74 Å². The number of benzene rings is 1. The van der Waals surface area contributed by atoms with Crippen molar-refractivity contribution in [2.75, 3.05) is 7.11 Å². The molecule has 2 rings (SSSR count). The molecule has 1 heterocycles. The third-order valence-electron chi connectivity index (χ3n) is 3.29. The number of hydrogen-bond donors (Lipinski definition) is 0. The van der Waals surface area contributed by atoms with E-state index in [-0.39, 0.29) is 5.97 Å². The Morgan fingerprint density at radius 3 is 2.57 bits per heavy atom. The summed E-state index contributed by atoms with van der Waals surface area (Å²) in [6.07, 6.45) is 5.09. The van der Waals surface area contributed by atoms with E-state index >= 15 is 0 Å². The summed E-state index contributed by atoms with van der Waals surface area (Å²) in [6.45, 7) is 1.94. The minimum atomic E-state index is -0.294. The third kappa shape index (κ3) is 4.56. The van der Waals surface area contributed by atoms with E-state index in [0.29, 0.717) is 0 Å². The maximum Gasteiger partial charge on any atom is 0.330 e. The number of hydrogen-bond acceptors (Lipinski definition) is 3. The van der Waals surface area contributed by atoms with E-state index in [1.54, 1.807) is 12.3 Å². The Bertz CT molecular complexity index is 615. The van der Waals surface area contributed by atoms with Gasteiger partial charge in [0.05, 0.1) is 12.8 Å². The lowest BCUT2D eigenvalue weighted by Gasteiger charge is -2.04. The topological polar surface area (TPSA) is 39.2 Å². The second-order valence-electron chi connectivity index (χ2n) is 4.93. The van der Waals surface area contributed by atoms with Gasteiger partial charge in [0.25, 0.3) is 0 Å². The summed E-state index contributed by atoms with van der Waals surface area (Å²) in [4.78, 5) is 15.5. The molecule has 0 radical (unpaired) electrons. The average molecular weight is 281 g/mol. The number of carbonyl (C=O) groups excluding carboxylic acids is 1. The highest BCUT2D eigenvalue weighted by Crippen LogP contribution is 2.18. The number of pyridine rings is 1. The molecule has 0 fully saturated rings. The largest absolute Gasteiger partial charge is 0.466 e. The summed E-state index contributed by atoms with van der Waals surface area (Å²) < 4.78 is 4.62. The van der Waals surface area contributed by atoms with E-state index in [9.17, 15) is 4.79 Å². The fourth-order valence-corrected chi connectivity index (χ4v) is 2.05. The van der Waals surface area contributed by atoms with Crippen LogP contribution in [0.25, 0.3) is 11.3 Å². The second-order valence-corrected chi connectivity index (χ2v) is 4.93. The minimum Gasteiger partial charge on any atom is -0.466 e. The molecule has 0 aliphatic rings. The van der Waals surface area contributed by atoms with Crippen LogP contribution < -0.4 is 0 Å². The number of aromatic nitrogens is 1. The molecule has 0 bridgehead atoms. The Labute approximate surface area is 125 Å². The molecule has 108 valence electrons. The Balaban J connectivity index is 1.97. The van der Waals surface area contributed by atoms with Gasteiger partial charge in [0.2, 0.25) is 0 Å². The Hall–Kier alpha value is -2.42. The van der Waals surface area contributed by atoms with Gasteiger partial charge in [-0.3, -0.25) is 4.98 Å². The molecule has 3 nitrogen and oxygen atoms in total. The first-order valence-electron chi connectivity index (χ1n) is 6.94. The van der Waals surface area contributed by atoms with Crippen LogP contribution in [0.15, 0.2) is 60.3 Å². The van der Waals surface area contributed by atoms with E-state index in [1.165, 1.54) is 12.7 Å². The zero-order valence-electron chi connectivity index (χ0n) is 12.4. The first-order valence-corrected chi connectivity index (χ1v) is 6.94. The van der Waals surface area contributed by atoms with Gasteiger partial charge in [-0.1, -0.05) is 35.9 Å². The molecule has 2 aromatic rings. The Kier molecular flexibility index (Phi) is 5.27. The number of carbonyl (C=O) groups is 1. The average Bonchev–Trinajstić information content (AvgIpc) is 2.54. The zero-order chi connectivity index (χ0) is 15.1. The molecular formula is C18H19NO2. The van der Waals surface area contributed by atoms with Gasteiger partial charge in [0.1, 0.15) is 0 Å². The number of allylic oxidation sites excluding steroid dienone is 1. The molecule has 0 saturated heterocycles. The highest BCUT2D eigenvalue weighted by Gasteiger charge is 2.01. The standard InChI is InChI=1S/C18H19NO2/c1-14(13-18(20)21-2)6-7-15-8-10-16(11-9-15)17-5-3-4-12-19-17/h3-5,8-13H,6-7H2,1-2H3/b14-13+. The number of rotatable bonds is 5. The summed E-state index contributed by atoms with van der Waals surface area (Å²) >= 11 is 0. The predicted molar refractivity (Wildman–Crippen MR) is 83.8 cm³/mol. The molecule has 1 aromatic heterocycles. The molecule has 0 amide bonds. The van der Waals surface area contributed by atoms with Crippen LogP contribution in [0.5, 0.6) is 0 Å². The lowest BCUT2D eigenvalue weighted by molar-refractivity contribution is -0.134. The van der Waals surface area contributed by atoms with Crippen LogP contribution in [-0.2, 0) is 16.0 Å². The van der Waals surface area contributed by atoms with Crippen molar-refractivity contribution in [2.45, 2.75) is 19.8 Å². The smallest absolute Gasteiger partial charge is 0.330 e. The fourth-order valence-electron chi connectivity index (χ4n) is 2.05. The molecule has 0 atom stereocenters. The fraction of sp³-hybridized carbons (Fsp3) is 0.222. The van der Waals surface area contributed by atoms with Gasteiger partial charge in [-0.15, -0.1) is 0 Å².